The van der Waals surface area contributed by atoms with Crippen LogP contribution < -0.4 is 10.7 Å². The molecule has 0 saturated carbocycles. The first-order chi connectivity index (χ1) is 10.1. The predicted octanol–water partition coefficient (Wildman–Crippen LogP) is 0.819. The summed E-state index contributed by atoms with van der Waals surface area (Å²) in [7, 11) is 1.57. The van der Waals surface area contributed by atoms with Crippen molar-refractivity contribution in [2.24, 2.45) is 5.10 Å². The van der Waals surface area contributed by atoms with Gasteiger partial charge in [0, 0.05) is 25.8 Å². The van der Waals surface area contributed by atoms with E-state index in [2.05, 4.69) is 15.8 Å². The maximum Gasteiger partial charge on any atom is 0.249 e. The summed E-state index contributed by atoms with van der Waals surface area (Å²) in [5.74, 6) is -1.40. The lowest BCUT2D eigenvalue weighted by molar-refractivity contribution is -0.129. The largest absolute Gasteiger partial charge is 0.385 e. The van der Waals surface area contributed by atoms with Crippen LogP contribution in [0.2, 0.25) is 0 Å². The van der Waals surface area contributed by atoms with Gasteiger partial charge < -0.3 is 10.1 Å². The van der Waals surface area contributed by atoms with Crippen LogP contribution in [-0.4, -0.2) is 38.3 Å². The number of nitrogens with one attached hydrogen (secondary N) is 2. The summed E-state index contributed by atoms with van der Waals surface area (Å²) < 4.78 is 18.1. The molecule has 114 valence electrons. The zero-order chi connectivity index (χ0) is 15.5. The number of ether oxygens (including phenoxy) is 1. The minimum absolute atomic E-state index is 0.252. The van der Waals surface area contributed by atoms with Crippen LogP contribution in [0.4, 0.5) is 4.39 Å². The van der Waals surface area contributed by atoms with Crippen molar-refractivity contribution in [3.05, 3.63) is 35.6 Å². The molecule has 0 aromatic heterocycles. The van der Waals surface area contributed by atoms with Gasteiger partial charge in [0.25, 0.3) is 0 Å². The average Bonchev–Trinajstić information content (AvgIpc) is 2.45. The van der Waals surface area contributed by atoms with E-state index in [1.54, 1.807) is 19.2 Å². The fraction of sp³-hybridized carbons (Fsp3) is 0.357. The molecule has 2 N–H and O–H groups in total. The number of benzene rings is 1. The van der Waals surface area contributed by atoms with Crippen molar-refractivity contribution < 1.29 is 18.7 Å². The number of rotatable bonds is 8. The van der Waals surface area contributed by atoms with E-state index in [9.17, 15) is 14.0 Å². The number of hydrogen-bond acceptors (Lipinski definition) is 4. The average molecular weight is 295 g/mol. The van der Waals surface area contributed by atoms with Crippen LogP contribution >= 0.6 is 0 Å². The Morgan fingerprint density at radius 2 is 2.10 bits per heavy atom. The van der Waals surface area contributed by atoms with Crippen molar-refractivity contribution >= 4 is 18.0 Å². The van der Waals surface area contributed by atoms with Gasteiger partial charge in [-0.3, -0.25) is 9.59 Å². The summed E-state index contributed by atoms with van der Waals surface area (Å²) in [5.41, 5.74) is 2.42. The van der Waals surface area contributed by atoms with Crippen LogP contribution in [-0.2, 0) is 14.3 Å². The lowest BCUT2D eigenvalue weighted by Crippen LogP contribution is -2.30. The first kappa shape index (κ1) is 16.8. The standard InChI is InChI=1S/C14H18FN3O3/c1-21-8-4-7-16-13(19)9-14(20)18-17-10-11-5-2-3-6-12(11)15/h2-3,5-6,10H,4,7-9H2,1H3,(H,16,19)(H,18,20)/b17-10-. The zero-order valence-electron chi connectivity index (χ0n) is 11.8. The zero-order valence-corrected chi connectivity index (χ0v) is 11.8. The number of methoxy groups -OCH3 is 1. The second-order valence-electron chi connectivity index (χ2n) is 4.19. The highest BCUT2D eigenvalue weighted by molar-refractivity contribution is 5.97. The molecule has 2 amide bonds. The van der Waals surface area contributed by atoms with E-state index in [-0.39, 0.29) is 12.0 Å². The lowest BCUT2D eigenvalue weighted by Gasteiger charge is -2.03. The molecule has 0 bridgehead atoms. The van der Waals surface area contributed by atoms with Crippen molar-refractivity contribution in [2.75, 3.05) is 20.3 Å². The van der Waals surface area contributed by atoms with Gasteiger partial charge in [-0.15, -0.1) is 0 Å². The first-order valence-corrected chi connectivity index (χ1v) is 6.45. The number of carbonyl (C=O) groups is 2. The van der Waals surface area contributed by atoms with E-state index in [0.29, 0.717) is 19.6 Å². The van der Waals surface area contributed by atoms with E-state index in [0.717, 1.165) is 0 Å². The molecule has 7 heteroatoms. The molecule has 1 aromatic carbocycles. The highest BCUT2D eigenvalue weighted by Crippen LogP contribution is 2.02. The highest BCUT2D eigenvalue weighted by atomic mass is 19.1. The van der Waals surface area contributed by atoms with Crippen molar-refractivity contribution in [1.29, 1.82) is 0 Å². The monoisotopic (exact) mass is 295 g/mol. The molecule has 0 heterocycles. The maximum absolute atomic E-state index is 13.2. The fourth-order valence-electron chi connectivity index (χ4n) is 1.45. The molecule has 1 rings (SSSR count). The maximum atomic E-state index is 13.2. The lowest BCUT2D eigenvalue weighted by atomic mass is 10.2. The Kier molecular flexibility index (Phi) is 7.67. The molecule has 0 radical (unpaired) electrons. The van der Waals surface area contributed by atoms with E-state index in [4.69, 9.17) is 4.74 Å². The van der Waals surface area contributed by atoms with Gasteiger partial charge in [-0.05, 0) is 12.5 Å². The normalized spacial score (nSPS) is 10.6. The van der Waals surface area contributed by atoms with Gasteiger partial charge in [-0.1, -0.05) is 18.2 Å². The number of hydrazone groups is 1. The first-order valence-electron chi connectivity index (χ1n) is 6.45. The topological polar surface area (TPSA) is 79.8 Å². The van der Waals surface area contributed by atoms with Crippen LogP contribution in [0.25, 0.3) is 0 Å². The number of hydrogen-bond donors (Lipinski definition) is 2. The molecule has 0 saturated heterocycles. The minimum Gasteiger partial charge on any atom is -0.385 e. The Balaban J connectivity index is 2.27. The third-order valence-electron chi connectivity index (χ3n) is 2.47. The van der Waals surface area contributed by atoms with Gasteiger partial charge in [0.05, 0.1) is 6.21 Å². The highest BCUT2D eigenvalue weighted by Gasteiger charge is 2.07. The van der Waals surface area contributed by atoms with Gasteiger partial charge in [-0.2, -0.15) is 5.10 Å². The van der Waals surface area contributed by atoms with Crippen molar-refractivity contribution in [1.82, 2.24) is 10.7 Å². The Hall–Kier alpha value is -2.28. The van der Waals surface area contributed by atoms with E-state index < -0.39 is 17.6 Å². The third kappa shape index (κ3) is 7.17. The molecule has 0 aliphatic heterocycles. The number of carbonyl (C=O) groups excluding carboxylic acids is 2. The van der Waals surface area contributed by atoms with Crippen LogP contribution in [0.5, 0.6) is 0 Å². The van der Waals surface area contributed by atoms with Crippen LogP contribution in [0, 0.1) is 5.82 Å². The molecule has 21 heavy (non-hydrogen) atoms. The number of nitrogens with zero attached hydrogens (tertiary/aromatic N) is 1. The molecule has 0 aliphatic carbocycles. The van der Waals surface area contributed by atoms with Gasteiger partial charge >= 0.3 is 0 Å². The Morgan fingerprint density at radius 1 is 1.33 bits per heavy atom. The van der Waals surface area contributed by atoms with E-state index in [1.165, 1.54) is 18.3 Å². The molecule has 0 fully saturated rings. The Morgan fingerprint density at radius 3 is 2.81 bits per heavy atom. The van der Waals surface area contributed by atoms with E-state index in [1.807, 2.05) is 0 Å². The second-order valence-corrected chi connectivity index (χ2v) is 4.19. The quantitative estimate of drug-likeness (QED) is 0.322. The summed E-state index contributed by atoms with van der Waals surface area (Å²) in [6, 6.07) is 6.02. The van der Waals surface area contributed by atoms with Gasteiger partial charge in [0.2, 0.25) is 11.8 Å². The van der Waals surface area contributed by atoms with Crippen LogP contribution in [0.3, 0.4) is 0 Å². The van der Waals surface area contributed by atoms with Gasteiger partial charge in [0.1, 0.15) is 12.2 Å². The van der Waals surface area contributed by atoms with Crippen molar-refractivity contribution in [2.45, 2.75) is 12.8 Å². The van der Waals surface area contributed by atoms with Gasteiger partial charge in [0.15, 0.2) is 0 Å². The molecule has 6 nitrogen and oxygen atoms in total. The second kappa shape index (κ2) is 9.60. The smallest absolute Gasteiger partial charge is 0.249 e. The molecular weight excluding hydrogens is 277 g/mol. The minimum atomic E-state index is -0.563. The third-order valence-corrected chi connectivity index (χ3v) is 2.47. The van der Waals surface area contributed by atoms with E-state index >= 15 is 0 Å². The molecule has 0 spiro atoms. The molecular formula is C14H18FN3O3. The predicted molar refractivity (Wildman–Crippen MR) is 76.3 cm³/mol. The fourth-order valence-corrected chi connectivity index (χ4v) is 1.45. The summed E-state index contributed by atoms with van der Waals surface area (Å²) >= 11 is 0. The van der Waals surface area contributed by atoms with Crippen molar-refractivity contribution in [3.63, 3.8) is 0 Å². The summed E-state index contributed by atoms with van der Waals surface area (Å²) in [6.45, 7) is 0.984. The van der Waals surface area contributed by atoms with Gasteiger partial charge in [-0.25, -0.2) is 9.82 Å². The number of amides is 2. The Bertz CT molecular complexity index is 506. The van der Waals surface area contributed by atoms with Crippen LogP contribution in [0.15, 0.2) is 29.4 Å². The molecule has 0 atom stereocenters. The van der Waals surface area contributed by atoms with Crippen molar-refractivity contribution in [3.8, 4) is 0 Å². The summed E-state index contributed by atoms with van der Waals surface area (Å²) in [4.78, 5) is 22.8. The Labute approximate surface area is 122 Å². The number of halogens is 1. The SMILES string of the molecule is COCCCNC(=O)CC(=O)N/N=C\c1ccccc1F. The molecule has 1 aromatic rings. The molecule has 0 unspecified atom stereocenters. The summed E-state index contributed by atoms with van der Waals surface area (Å²) in [5, 5.41) is 6.17. The molecule has 0 aliphatic rings. The summed E-state index contributed by atoms with van der Waals surface area (Å²) in [6.07, 6.45) is 1.53. The van der Waals surface area contributed by atoms with Crippen LogP contribution in [0.1, 0.15) is 18.4 Å².